The van der Waals surface area contributed by atoms with Crippen LogP contribution in [-0.4, -0.2) is 26.2 Å². The van der Waals surface area contributed by atoms with Crippen LogP contribution in [-0.2, 0) is 9.53 Å². The highest BCUT2D eigenvalue weighted by Crippen LogP contribution is 2.43. The van der Waals surface area contributed by atoms with E-state index in [0.717, 1.165) is 12.1 Å². The van der Waals surface area contributed by atoms with E-state index in [-0.39, 0.29) is 11.9 Å². The fraction of sp³-hybridized carbons (Fsp3) is 0.588. The Kier molecular flexibility index (Phi) is 5.18. The van der Waals surface area contributed by atoms with Crippen LogP contribution in [0.5, 0.6) is 0 Å². The van der Waals surface area contributed by atoms with Gasteiger partial charge in [-0.05, 0) is 30.2 Å². The topological polar surface area (TPSA) is 38.3 Å². The fourth-order valence-corrected chi connectivity index (χ4v) is 2.98. The van der Waals surface area contributed by atoms with E-state index in [2.05, 4.69) is 12.2 Å². The second kappa shape index (κ2) is 6.89. The molecule has 1 N–H and O–H groups in total. The number of benzene rings is 1. The Labute approximate surface area is 121 Å². The van der Waals surface area contributed by atoms with Crippen molar-refractivity contribution in [2.75, 3.05) is 20.2 Å². The molecule has 0 radical (unpaired) electrons. The number of hydrogen-bond acceptors (Lipinski definition) is 3. The highest BCUT2D eigenvalue weighted by molar-refractivity contribution is 5.78. The third kappa shape index (κ3) is 3.40. The first kappa shape index (κ1) is 15.0. The second-order valence-corrected chi connectivity index (χ2v) is 5.82. The number of methoxy groups -OCH3 is 1. The molecule has 0 heterocycles. The summed E-state index contributed by atoms with van der Waals surface area (Å²) in [7, 11) is 1.46. The first-order valence-electron chi connectivity index (χ1n) is 7.54. The van der Waals surface area contributed by atoms with Crippen LogP contribution in [0.25, 0.3) is 0 Å². The molecule has 1 aromatic carbocycles. The molecule has 1 unspecified atom stereocenters. The van der Waals surface area contributed by atoms with Gasteiger partial charge in [0.25, 0.3) is 0 Å². The Morgan fingerprint density at radius 2 is 2.05 bits per heavy atom. The summed E-state index contributed by atoms with van der Waals surface area (Å²) in [5.74, 6) is -0.377. The van der Waals surface area contributed by atoms with Gasteiger partial charge >= 0.3 is 5.97 Å². The summed E-state index contributed by atoms with van der Waals surface area (Å²) < 4.78 is 4.94. The molecule has 3 heteroatoms. The quantitative estimate of drug-likeness (QED) is 0.777. The van der Waals surface area contributed by atoms with Gasteiger partial charge in [0.1, 0.15) is 0 Å². The molecule has 0 amide bonds. The first-order valence-corrected chi connectivity index (χ1v) is 7.54. The minimum absolute atomic E-state index is 0.164. The minimum atomic E-state index is -0.213. The summed E-state index contributed by atoms with van der Waals surface area (Å²) in [4.78, 5) is 12.0. The van der Waals surface area contributed by atoms with Gasteiger partial charge in [-0.1, -0.05) is 43.7 Å². The third-order valence-corrected chi connectivity index (χ3v) is 4.70. The lowest BCUT2D eigenvalue weighted by molar-refractivity contribution is -0.142. The van der Waals surface area contributed by atoms with Gasteiger partial charge in [0.2, 0.25) is 0 Å². The first-order chi connectivity index (χ1) is 9.71. The summed E-state index contributed by atoms with van der Waals surface area (Å²) in [6.45, 7) is 3.91. The van der Waals surface area contributed by atoms with Crippen LogP contribution in [0.15, 0.2) is 30.3 Å². The highest BCUT2D eigenvalue weighted by Gasteiger charge is 2.34. The number of ether oxygens (including phenoxy) is 1. The molecule has 1 atom stereocenters. The zero-order valence-electron chi connectivity index (χ0n) is 12.5. The van der Waals surface area contributed by atoms with Crippen molar-refractivity contribution in [1.29, 1.82) is 0 Å². The third-order valence-electron chi connectivity index (χ3n) is 4.70. The summed E-state index contributed by atoms with van der Waals surface area (Å²) in [5.41, 5.74) is 1.49. The van der Waals surface area contributed by atoms with Crippen molar-refractivity contribution >= 4 is 5.97 Å². The molecule has 0 aromatic heterocycles. The molecule has 0 bridgehead atoms. The number of carbonyl (C=O) groups is 1. The maximum absolute atomic E-state index is 12.0. The average Bonchev–Trinajstić information content (AvgIpc) is 2.46. The van der Waals surface area contributed by atoms with E-state index in [9.17, 15) is 4.79 Å². The van der Waals surface area contributed by atoms with Crippen molar-refractivity contribution in [2.45, 2.75) is 38.5 Å². The molecule has 1 aliphatic rings. The molecule has 20 heavy (non-hydrogen) atoms. The SMILES string of the molecule is CCC1(CNCC(C(=O)OC)c2ccccc2)CCC1. The Bertz CT molecular complexity index is 420. The molecule has 1 saturated carbocycles. The lowest BCUT2D eigenvalue weighted by Crippen LogP contribution is -2.41. The summed E-state index contributed by atoms with van der Waals surface area (Å²) in [5, 5.41) is 3.49. The van der Waals surface area contributed by atoms with Crippen molar-refractivity contribution < 1.29 is 9.53 Å². The van der Waals surface area contributed by atoms with E-state index < -0.39 is 0 Å². The number of esters is 1. The Morgan fingerprint density at radius 1 is 1.35 bits per heavy atom. The molecule has 2 rings (SSSR count). The van der Waals surface area contributed by atoms with E-state index in [1.807, 2.05) is 30.3 Å². The van der Waals surface area contributed by atoms with Gasteiger partial charge in [0.05, 0.1) is 13.0 Å². The maximum atomic E-state index is 12.0. The van der Waals surface area contributed by atoms with E-state index >= 15 is 0 Å². The molecule has 1 fully saturated rings. The van der Waals surface area contributed by atoms with Gasteiger partial charge in [-0.2, -0.15) is 0 Å². The average molecular weight is 275 g/mol. The van der Waals surface area contributed by atoms with Crippen LogP contribution in [0, 0.1) is 5.41 Å². The monoisotopic (exact) mass is 275 g/mol. The van der Waals surface area contributed by atoms with Crippen molar-refractivity contribution in [2.24, 2.45) is 5.41 Å². The van der Waals surface area contributed by atoms with Gasteiger partial charge in [-0.15, -0.1) is 0 Å². The van der Waals surface area contributed by atoms with E-state index in [1.54, 1.807) is 0 Å². The number of rotatable bonds is 7. The van der Waals surface area contributed by atoms with Crippen LogP contribution < -0.4 is 5.32 Å². The number of carbonyl (C=O) groups excluding carboxylic acids is 1. The van der Waals surface area contributed by atoms with Gasteiger partial charge in [0, 0.05) is 13.1 Å². The van der Waals surface area contributed by atoms with Gasteiger partial charge in [0.15, 0.2) is 0 Å². The summed E-state index contributed by atoms with van der Waals surface area (Å²) in [6, 6.07) is 9.87. The predicted molar refractivity (Wildman–Crippen MR) is 80.6 cm³/mol. The Morgan fingerprint density at radius 3 is 2.55 bits per heavy atom. The molecule has 3 nitrogen and oxygen atoms in total. The van der Waals surface area contributed by atoms with Gasteiger partial charge < -0.3 is 10.1 Å². The van der Waals surface area contributed by atoms with Crippen LogP contribution >= 0.6 is 0 Å². The van der Waals surface area contributed by atoms with Crippen LogP contribution in [0.1, 0.15) is 44.1 Å². The Balaban J connectivity index is 1.93. The smallest absolute Gasteiger partial charge is 0.314 e. The van der Waals surface area contributed by atoms with Gasteiger partial charge in [-0.3, -0.25) is 4.79 Å². The molecular weight excluding hydrogens is 250 g/mol. The molecular formula is C17H25NO2. The number of hydrogen-bond donors (Lipinski definition) is 1. The lowest BCUT2D eigenvalue weighted by atomic mass is 9.67. The zero-order valence-corrected chi connectivity index (χ0v) is 12.5. The van der Waals surface area contributed by atoms with E-state index in [1.165, 1.54) is 32.8 Å². The molecule has 0 saturated heterocycles. The van der Waals surface area contributed by atoms with Crippen molar-refractivity contribution in [1.82, 2.24) is 5.32 Å². The van der Waals surface area contributed by atoms with Crippen LogP contribution in [0.2, 0.25) is 0 Å². The lowest BCUT2D eigenvalue weighted by Gasteiger charge is -2.41. The zero-order chi connectivity index (χ0) is 14.4. The maximum Gasteiger partial charge on any atom is 0.314 e. The van der Waals surface area contributed by atoms with Crippen LogP contribution in [0.3, 0.4) is 0 Å². The Hall–Kier alpha value is -1.35. The molecule has 1 aromatic rings. The molecule has 110 valence electrons. The molecule has 1 aliphatic carbocycles. The second-order valence-electron chi connectivity index (χ2n) is 5.82. The van der Waals surface area contributed by atoms with Crippen molar-refractivity contribution in [3.05, 3.63) is 35.9 Å². The van der Waals surface area contributed by atoms with Gasteiger partial charge in [-0.25, -0.2) is 0 Å². The van der Waals surface area contributed by atoms with Crippen molar-refractivity contribution in [3.8, 4) is 0 Å². The highest BCUT2D eigenvalue weighted by atomic mass is 16.5. The summed E-state index contributed by atoms with van der Waals surface area (Å²) >= 11 is 0. The number of nitrogens with one attached hydrogen (secondary N) is 1. The van der Waals surface area contributed by atoms with E-state index in [0.29, 0.717) is 12.0 Å². The largest absolute Gasteiger partial charge is 0.469 e. The minimum Gasteiger partial charge on any atom is -0.469 e. The predicted octanol–water partition coefficient (Wildman–Crippen LogP) is 3.11. The van der Waals surface area contributed by atoms with E-state index in [4.69, 9.17) is 4.74 Å². The molecule has 0 aliphatic heterocycles. The molecule has 0 spiro atoms. The fourth-order valence-electron chi connectivity index (χ4n) is 2.98. The normalized spacial score (nSPS) is 18.1. The van der Waals surface area contributed by atoms with Crippen LogP contribution in [0.4, 0.5) is 0 Å². The standard InChI is InChI=1S/C17H25NO2/c1-3-17(10-7-11-17)13-18-12-15(16(19)20-2)14-8-5-4-6-9-14/h4-6,8-9,15,18H,3,7,10-13H2,1-2H3. The van der Waals surface area contributed by atoms with Crippen molar-refractivity contribution in [3.63, 3.8) is 0 Å². The summed E-state index contributed by atoms with van der Waals surface area (Å²) in [6.07, 6.45) is 5.18.